The summed E-state index contributed by atoms with van der Waals surface area (Å²) >= 11 is 0. The van der Waals surface area contributed by atoms with E-state index >= 15 is 0 Å². The number of halogens is 1. The Balaban J connectivity index is 2.31. The van der Waals surface area contributed by atoms with Gasteiger partial charge in [-0.3, -0.25) is 4.79 Å². The predicted octanol–water partition coefficient (Wildman–Crippen LogP) is 2.94. The second-order valence-corrected chi connectivity index (χ2v) is 3.82. The number of benzene rings is 1. The third kappa shape index (κ3) is 5.33. The third-order valence-corrected chi connectivity index (χ3v) is 2.08. The van der Waals surface area contributed by atoms with Gasteiger partial charge >= 0.3 is 5.97 Å². The van der Waals surface area contributed by atoms with Gasteiger partial charge in [0.1, 0.15) is 24.3 Å². The van der Waals surface area contributed by atoms with Gasteiger partial charge in [-0.1, -0.05) is 6.92 Å². The summed E-state index contributed by atoms with van der Waals surface area (Å²) in [7, 11) is 0. The van der Waals surface area contributed by atoms with Gasteiger partial charge in [0.25, 0.3) is 0 Å². The van der Waals surface area contributed by atoms with Gasteiger partial charge in [0, 0.05) is 6.42 Å². The largest absolute Gasteiger partial charge is 0.487 e. The monoisotopic (exact) mass is 240 g/mol. The molecule has 0 aliphatic carbocycles. The number of hydrogen-bond donors (Lipinski definition) is 0. The summed E-state index contributed by atoms with van der Waals surface area (Å²) in [6, 6.07) is 5.73. The highest BCUT2D eigenvalue weighted by Gasteiger charge is 2.08. The lowest BCUT2D eigenvalue weighted by Crippen LogP contribution is -2.21. The maximum atomic E-state index is 12.6. The van der Waals surface area contributed by atoms with Gasteiger partial charge in [-0.15, -0.1) is 0 Å². The van der Waals surface area contributed by atoms with E-state index < -0.39 is 0 Å². The zero-order chi connectivity index (χ0) is 12.7. The fourth-order valence-electron chi connectivity index (χ4n) is 1.27. The van der Waals surface area contributed by atoms with Gasteiger partial charge in [0.05, 0.1) is 0 Å². The summed E-state index contributed by atoms with van der Waals surface area (Å²) < 4.78 is 23.1. The molecule has 0 bridgehead atoms. The minimum absolute atomic E-state index is 0.205. The molecule has 0 aliphatic heterocycles. The summed E-state index contributed by atoms with van der Waals surface area (Å²) in [4.78, 5) is 11.1. The number of ether oxygens (including phenoxy) is 2. The van der Waals surface area contributed by atoms with E-state index in [2.05, 4.69) is 0 Å². The first-order valence-corrected chi connectivity index (χ1v) is 5.69. The highest BCUT2D eigenvalue weighted by molar-refractivity contribution is 5.69. The predicted molar refractivity (Wildman–Crippen MR) is 62.4 cm³/mol. The average molecular weight is 240 g/mol. The molecular formula is C13H17FO3. The molecule has 0 saturated carbocycles. The number of carbonyl (C=O) groups excluding carboxylic acids is 1. The molecule has 1 rings (SSSR count). The molecule has 0 spiro atoms. The summed E-state index contributed by atoms with van der Waals surface area (Å²) in [6.45, 7) is 3.92. The maximum absolute atomic E-state index is 12.6. The molecule has 17 heavy (non-hydrogen) atoms. The Morgan fingerprint density at radius 1 is 1.35 bits per heavy atom. The minimum Gasteiger partial charge on any atom is -0.487 e. The molecule has 1 aromatic carbocycles. The van der Waals surface area contributed by atoms with Crippen LogP contribution in [0.1, 0.15) is 26.7 Å². The summed E-state index contributed by atoms with van der Waals surface area (Å²) in [5, 5.41) is 0. The Hall–Kier alpha value is -1.58. The van der Waals surface area contributed by atoms with Gasteiger partial charge in [0.2, 0.25) is 0 Å². The standard InChI is InChI=1S/C13H17FO3/c1-3-4-13(15)16-9-10(2)17-12-7-5-11(14)6-8-12/h5-8,10H,3-4,9H2,1-2H3/t10-/m0/s1. The van der Waals surface area contributed by atoms with Crippen LogP contribution >= 0.6 is 0 Å². The van der Waals surface area contributed by atoms with Gasteiger partial charge in [-0.2, -0.15) is 0 Å². The molecule has 0 saturated heterocycles. The fraction of sp³-hybridized carbons (Fsp3) is 0.462. The zero-order valence-corrected chi connectivity index (χ0v) is 10.1. The second-order valence-electron chi connectivity index (χ2n) is 3.82. The lowest BCUT2D eigenvalue weighted by molar-refractivity contribution is -0.145. The molecule has 0 heterocycles. The smallest absolute Gasteiger partial charge is 0.305 e. The molecule has 0 aliphatic rings. The molecule has 1 aromatic rings. The van der Waals surface area contributed by atoms with Crippen molar-refractivity contribution >= 4 is 5.97 Å². The summed E-state index contributed by atoms with van der Waals surface area (Å²) in [5.74, 6) is 0.0341. The van der Waals surface area contributed by atoms with Gasteiger partial charge in [-0.25, -0.2) is 4.39 Å². The topological polar surface area (TPSA) is 35.5 Å². The van der Waals surface area contributed by atoms with E-state index in [9.17, 15) is 9.18 Å². The molecule has 0 N–H and O–H groups in total. The van der Waals surface area contributed by atoms with E-state index in [1.54, 1.807) is 19.1 Å². The molecule has 0 unspecified atom stereocenters. The van der Waals surface area contributed by atoms with Crippen LogP contribution in [-0.4, -0.2) is 18.7 Å². The Morgan fingerprint density at radius 3 is 2.59 bits per heavy atom. The van der Waals surface area contributed by atoms with Crippen LogP contribution in [0.3, 0.4) is 0 Å². The molecule has 0 aromatic heterocycles. The highest BCUT2D eigenvalue weighted by Crippen LogP contribution is 2.13. The van der Waals surface area contributed by atoms with Crippen molar-refractivity contribution in [2.24, 2.45) is 0 Å². The molecule has 3 nitrogen and oxygen atoms in total. The zero-order valence-electron chi connectivity index (χ0n) is 10.1. The van der Waals surface area contributed by atoms with Crippen molar-refractivity contribution in [1.82, 2.24) is 0 Å². The summed E-state index contributed by atoms with van der Waals surface area (Å²) in [5.41, 5.74) is 0. The number of esters is 1. The van der Waals surface area contributed by atoms with Crippen LogP contribution in [0.25, 0.3) is 0 Å². The molecule has 0 amide bonds. The van der Waals surface area contributed by atoms with Crippen molar-refractivity contribution in [3.63, 3.8) is 0 Å². The van der Waals surface area contributed by atoms with Crippen LogP contribution in [0.2, 0.25) is 0 Å². The van der Waals surface area contributed by atoms with Crippen LogP contribution in [0.4, 0.5) is 4.39 Å². The highest BCUT2D eigenvalue weighted by atomic mass is 19.1. The van der Waals surface area contributed by atoms with Crippen LogP contribution < -0.4 is 4.74 Å². The fourth-order valence-corrected chi connectivity index (χ4v) is 1.27. The molecule has 0 fully saturated rings. The first-order chi connectivity index (χ1) is 8.11. The Morgan fingerprint density at radius 2 is 2.00 bits per heavy atom. The molecule has 0 radical (unpaired) electrons. The first-order valence-electron chi connectivity index (χ1n) is 5.69. The van der Waals surface area contributed by atoms with Crippen molar-refractivity contribution in [3.8, 4) is 5.75 Å². The number of carbonyl (C=O) groups is 1. The van der Waals surface area contributed by atoms with Crippen LogP contribution in [0, 0.1) is 5.82 Å². The van der Waals surface area contributed by atoms with Gasteiger partial charge in [0.15, 0.2) is 0 Å². The van der Waals surface area contributed by atoms with Crippen molar-refractivity contribution in [2.45, 2.75) is 32.8 Å². The van der Waals surface area contributed by atoms with Gasteiger partial charge in [-0.05, 0) is 37.6 Å². The van der Waals surface area contributed by atoms with Crippen molar-refractivity contribution in [3.05, 3.63) is 30.1 Å². The van der Waals surface area contributed by atoms with E-state index in [0.29, 0.717) is 12.2 Å². The second kappa shape index (κ2) is 6.89. The minimum atomic E-state index is -0.306. The van der Waals surface area contributed by atoms with Crippen molar-refractivity contribution in [2.75, 3.05) is 6.61 Å². The molecule has 1 atom stereocenters. The first kappa shape index (κ1) is 13.5. The molecule has 94 valence electrons. The average Bonchev–Trinajstić information content (AvgIpc) is 2.30. The van der Waals surface area contributed by atoms with Gasteiger partial charge < -0.3 is 9.47 Å². The quantitative estimate of drug-likeness (QED) is 0.717. The van der Waals surface area contributed by atoms with E-state index in [1.165, 1.54) is 12.1 Å². The Kier molecular flexibility index (Phi) is 5.46. The third-order valence-electron chi connectivity index (χ3n) is 2.08. The van der Waals surface area contributed by atoms with Crippen LogP contribution in [0.5, 0.6) is 5.75 Å². The SMILES string of the molecule is CCCC(=O)OC[C@H](C)Oc1ccc(F)cc1. The lowest BCUT2D eigenvalue weighted by atomic mass is 10.3. The van der Waals surface area contributed by atoms with E-state index in [0.717, 1.165) is 6.42 Å². The van der Waals surface area contributed by atoms with Crippen LogP contribution in [0.15, 0.2) is 24.3 Å². The normalized spacial score (nSPS) is 11.9. The summed E-state index contributed by atoms with van der Waals surface area (Å²) in [6.07, 6.45) is 0.941. The van der Waals surface area contributed by atoms with E-state index in [1.807, 2.05) is 6.92 Å². The Labute approximate surface area is 101 Å². The van der Waals surface area contributed by atoms with Crippen LogP contribution in [-0.2, 0) is 9.53 Å². The molecular weight excluding hydrogens is 223 g/mol. The van der Waals surface area contributed by atoms with Crippen molar-refractivity contribution < 1.29 is 18.7 Å². The van der Waals surface area contributed by atoms with E-state index in [-0.39, 0.29) is 24.5 Å². The Bertz CT molecular complexity index is 348. The molecule has 4 heteroatoms. The number of hydrogen-bond acceptors (Lipinski definition) is 3. The lowest BCUT2D eigenvalue weighted by Gasteiger charge is -2.14. The number of rotatable bonds is 6. The van der Waals surface area contributed by atoms with Crippen molar-refractivity contribution in [1.29, 1.82) is 0 Å². The maximum Gasteiger partial charge on any atom is 0.305 e. The van der Waals surface area contributed by atoms with E-state index in [4.69, 9.17) is 9.47 Å².